The van der Waals surface area contributed by atoms with Crippen LogP contribution in [0.2, 0.25) is 13.1 Å². The molecule has 2 nitrogen and oxygen atoms in total. The Labute approximate surface area is 351 Å². The summed E-state index contributed by atoms with van der Waals surface area (Å²) in [6, 6.07) is 33.6. The Balaban J connectivity index is 0.000000349. The van der Waals surface area contributed by atoms with Crippen molar-refractivity contribution in [3.8, 4) is 11.5 Å². The minimum absolute atomic E-state index is 0. The van der Waals surface area contributed by atoms with Crippen molar-refractivity contribution in [2.24, 2.45) is 0 Å². The van der Waals surface area contributed by atoms with Gasteiger partial charge in [0.25, 0.3) is 0 Å². The fraction of sp³-hybridized carbons (Fsp3) is 0.400. The molecule has 54 heavy (non-hydrogen) atoms. The van der Waals surface area contributed by atoms with E-state index in [9.17, 15) is 10.2 Å². The molecule has 6 rings (SSSR count). The molecule has 0 unspecified atom stereocenters. The molecule has 0 aliphatic heterocycles. The van der Waals surface area contributed by atoms with Crippen LogP contribution in [0.4, 0.5) is 0 Å². The smallest absolute Gasteiger partial charge is 0.508 e. The third-order valence-electron chi connectivity index (χ3n) is 9.02. The van der Waals surface area contributed by atoms with Gasteiger partial charge in [-0.15, -0.1) is 69.1 Å². The normalized spacial score (nSPS) is 11.0. The van der Waals surface area contributed by atoms with Crippen LogP contribution >= 0.6 is 0 Å². The van der Waals surface area contributed by atoms with Gasteiger partial charge in [-0.2, -0.15) is 12.1 Å². The first-order chi connectivity index (χ1) is 24.6. The van der Waals surface area contributed by atoms with E-state index in [0.29, 0.717) is 23.3 Å². The van der Waals surface area contributed by atoms with E-state index >= 15 is 0 Å². The number of hydrogen-bond acceptors (Lipinski definition) is 2. The maximum Gasteiger partial charge on any atom is 2.00 e. The number of hydrogen-bond donors (Lipinski definition) is 2. The zero-order valence-corrected chi connectivity index (χ0v) is 39.7. The number of fused-ring (bicyclic) bond motifs is 2. The summed E-state index contributed by atoms with van der Waals surface area (Å²) < 4.78 is 0. The molecular formula is C50H68O2SiZr. The number of aromatic hydroxyl groups is 2. The molecule has 0 aliphatic carbocycles. The monoisotopic (exact) mass is 818 g/mol. The quantitative estimate of drug-likeness (QED) is 0.135. The molecule has 0 aromatic heterocycles. The third-order valence-corrected chi connectivity index (χ3v) is 9.02. The molecule has 0 fully saturated rings. The predicted molar refractivity (Wildman–Crippen MR) is 237 cm³/mol. The molecule has 0 saturated heterocycles. The van der Waals surface area contributed by atoms with Gasteiger partial charge in [0, 0.05) is 9.52 Å². The van der Waals surface area contributed by atoms with Gasteiger partial charge in [0.2, 0.25) is 0 Å². The fourth-order valence-electron chi connectivity index (χ4n) is 6.33. The van der Waals surface area contributed by atoms with E-state index in [0.717, 1.165) is 20.6 Å². The van der Waals surface area contributed by atoms with Crippen molar-refractivity contribution in [3.63, 3.8) is 0 Å². The van der Waals surface area contributed by atoms with Crippen LogP contribution in [0.25, 0.3) is 21.5 Å². The summed E-state index contributed by atoms with van der Waals surface area (Å²) >= 11 is 0. The molecule has 6 aromatic rings. The standard InChI is InChI=1S/2C13H15.2C11H16O.C2H6Si.Zr/c2*1-9(2)12-6-4-5-11-7-10(3)8-13(11)12;2*1-8-5-6-10(12)9(7-8)11(2,3)4;1-3-2;/h2*4-9H,1-3H3;2*5-7,12H,1-4H3;1-2H3;/q2*-1;;;;+2. The first-order valence-corrected chi connectivity index (χ1v) is 21.1. The average Bonchev–Trinajstić information content (AvgIpc) is 3.64. The number of phenolic OH excluding ortho intramolecular Hbond substituents is 2. The molecular weight excluding hydrogens is 752 g/mol. The van der Waals surface area contributed by atoms with Crippen LogP contribution in [0, 0.1) is 27.7 Å². The molecule has 2 radical (unpaired) electrons. The Morgan fingerprint density at radius 1 is 0.519 bits per heavy atom. The van der Waals surface area contributed by atoms with Crippen molar-refractivity contribution in [2.45, 2.75) is 133 Å². The Morgan fingerprint density at radius 3 is 1.09 bits per heavy atom. The summed E-state index contributed by atoms with van der Waals surface area (Å²) in [5.74, 6) is 2.03. The maximum absolute atomic E-state index is 9.57. The van der Waals surface area contributed by atoms with Gasteiger partial charge >= 0.3 is 26.2 Å². The Bertz CT molecular complexity index is 1870. The average molecular weight is 820 g/mol. The van der Waals surface area contributed by atoms with E-state index < -0.39 is 0 Å². The third kappa shape index (κ3) is 14.8. The van der Waals surface area contributed by atoms with Crippen molar-refractivity contribution in [2.75, 3.05) is 0 Å². The summed E-state index contributed by atoms with van der Waals surface area (Å²) in [5.41, 5.74) is 10.1. The van der Waals surface area contributed by atoms with E-state index in [4.69, 9.17) is 0 Å². The van der Waals surface area contributed by atoms with Crippen LogP contribution in [0.1, 0.15) is 126 Å². The first kappa shape index (κ1) is 48.8. The number of rotatable bonds is 2. The van der Waals surface area contributed by atoms with Gasteiger partial charge in [0.1, 0.15) is 11.5 Å². The van der Waals surface area contributed by atoms with Gasteiger partial charge in [-0.25, -0.2) is 0 Å². The van der Waals surface area contributed by atoms with Gasteiger partial charge in [-0.3, -0.25) is 0 Å². The van der Waals surface area contributed by atoms with E-state index in [2.05, 4.69) is 157 Å². The second-order valence-electron chi connectivity index (χ2n) is 17.1. The summed E-state index contributed by atoms with van der Waals surface area (Å²) in [4.78, 5) is 0. The molecule has 0 spiro atoms. The molecule has 0 saturated carbocycles. The first-order valence-electron chi connectivity index (χ1n) is 19.1. The van der Waals surface area contributed by atoms with E-state index in [1.165, 1.54) is 54.9 Å². The predicted octanol–water partition coefficient (Wildman–Crippen LogP) is 14.8. The van der Waals surface area contributed by atoms with Crippen LogP contribution < -0.4 is 0 Å². The zero-order valence-electron chi connectivity index (χ0n) is 36.3. The molecule has 288 valence electrons. The van der Waals surface area contributed by atoms with Crippen LogP contribution in [-0.2, 0) is 37.0 Å². The van der Waals surface area contributed by atoms with Gasteiger partial charge < -0.3 is 10.2 Å². The molecule has 0 amide bonds. The molecule has 2 N–H and O–H groups in total. The second kappa shape index (κ2) is 21.8. The van der Waals surface area contributed by atoms with Crippen molar-refractivity contribution >= 4 is 31.1 Å². The number of aryl methyl sites for hydroxylation is 4. The van der Waals surface area contributed by atoms with Crippen molar-refractivity contribution < 1.29 is 36.4 Å². The van der Waals surface area contributed by atoms with Gasteiger partial charge in [0.05, 0.1) is 0 Å². The molecule has 6 aromatic carbocycles. The van der Waals surface area contributed by atoms with Crippen molar-refractivity contribution in [1.29, 1.82) is 0 Å². The fourth-order valence-corrected chi connectivity index (χ4v) is 6.33. The van der Waals surface area contributed by atoms with Crippen LogP contribution in [-0.4, -0.2) is 19.7 Å². The Morgan fingerprint density at radius 2 is 0.833 bits per heavy atom. The summed E-state index contributed by atoms with van der Waals surface area (Å²) in [5, 5.41) is 24.7. The summed E-state index contributed by atoms with van der Waals surface area (Å²) in [6.07, 6.45) is 0. The zero-order chi connectivity index (χ0) is 40.3. The van der Waals surface area contributed by atoms with Crippen molar-refractivity contribution in [1.82, 2.24) is 0 Å². The topological polar surface area (TPSA) is 40.5 Å². The van der Waals surface area contributed by atoms with Gasteiger partial charge in [-0.05, 0) is 59.8 Å². The number of phenols is 2. The van der Waals surface area contributed by atoms with Crippen LogP contribution in [0.15, 0.2) is 97.1 Å². The molecule has 0 bridgehead atoms. The minimum Gasteiger partial charge on any atom is -0.508 e. The van der Waals surface area contributed by atoms with Gasteiger partial charge in [0.15, 0.2) is 0 Å². The van der Waals surface area contributed by atoms with Crippen molar-refractivity contribution in [3.05, 3.63) is 142 Å². The summed E-state index contributed by atoms with van der Waals surface area (Å²) in [7, 11) is 1.08. The van der Waals surface area contributed by atoms with E-state index in [1.807, 2.05) is 38.1 Å². The molecule has 4 heteroatoms. The molecule has 0 heterocycles. The minimum atomic E-state index is 0. The SMILES string of the molecule is C[Si]C.Cc1cc2c(C(C)C)cccc2[cH-]1.Cc1cc2c(C(C)C)cccc2[cH-]1.Cc1ccc(O)c(C(C)(C)C)c1.Cc1ccc(O)c(C(C)(C)C)c1.[Zr+2]. The summed E-state index contributed by atoms with van der Waals surface area (Å²) in [6.45, 7) is 34.3. The van der Waals surface area contributed by atoms with Crippen LogP contribution in [0.5, 0.6) is 11.5 Å². The van der Waals surface area contributed by atoms with E-state index in [1.54, 1.807) is 12.1 Å². The maximum atomic E-state index is 9.57. The number of benzene rings is 4. The largest absolute Gasteiger partial charge is 2.00 e. The van der Waals surface area contributed by atoms with Gasteiger partial charge in [-0.1, -0.05) is 155 Å². The van der Waals surface area contributed by atoms with E-state index in [-0.39, 0.29) is 37.0 Å². The Hall–Kier alpha value is -3.20. The Kier molecular flexibility index (Phi) is 19.7. The molecule has 0 aliphatic rings. The molecule has 0 atom stereocenters. The van der Waals surface area contributed by atoms with Crippen LogP contribution in [0.3, 0.4) is 0 Å². The second-order valence-corrected chi connectivity index (χ2v) is 18.1.